The van der Waals surface area contributed by atoms with Gasteiger partial charge in [0.15, 0.2) is 0 Å². The van der Waals surface area contributed by atoms with Gasteiger partial charge in [0.25, 0.3) is 0 Å². The van der Waals surface area contributed by atoms with Gasteiger partial charge in [-0.2, -0.15) is 0 Å². The van der Waals surface area contributed by atoms with Crippen molar-refractivity contribution in [3.8, 4) is 0 Å². The number of nitrogens with one attached hydrogen (secondary N) is 1. The average Bonchev–Trinajstić information content (AvgIpc) is 3.20. The molecule has 0 spiro atoms. The van der Waals surface area contributed by atoms with E-state index in [9.17, 15) is 15.0 Å². The molecule has 4 nitrogen and oxygen atoms in total. The quantitative estimate of drug-likeness (QED) is 0.0425. The Hall–Kier alpha value is -1.13. The molecule has 0 heterocycles. The van der Waals surface area contributed by atoms with Crippen LogP contribution in [0.5, 0.6) is 0 Å². The minimum atomic E-state index is -0.838. The molecule has 0 radical (unpaired) electrons. The fraction of sp³-hybridized carbons (Fsp3) is 0.904. The number of rotatable bonds is 47. The van der Waals surface area contributed by atoms with Crippen LogP contribution in [0.4, 0.5) is 0 Å². The molecule has 0 aromatic rings. The largest absolute Gasteiger partial charge is 0.394 e. The van der Waals surface area contributed by atoms with Crippen molar-refractivity contribution in [1.29, 1.82) is 0 Å². The highest BCUT2D eigenvalue weighted by atomic mass is 16.3. The van der Waals surface area contributed by atoms with E-state index >= 15 is 0 Å². The van der Waals surface area contributed by atoms with Gasteiger partial charge in [-0.15, -0.1) is 0 Å². The lowest BCUT2D eigenvalue weighted by atomic mass is 10.0. The van der Waals surface area contributed by atoms with E-state index in [1.807, 2.05) is 6.08 Å². The van der Waals surface area contributed by atoms with Crippen LogP contribution in [0.3, 0.4) is 0 Å². The second-order valence-corrected chi connectivity index (χ2v) is 17.6. The molecule has 0 aliphatic heterocycles. The molecule has 2 unspecified atom stereocenters. The molecule has 2 atom stereocenters. The number of carbonyl (C=O) groups excluding carboxylic acids is 1. The van der Waals surface area contributed by atoms with Crippen LogP contribution in [-0.4, -0.2) is 34.9 Å². The number of allylic oxidation sites excluding steroid dienone is 3. The summed E-state index contributed by atoms with van der Waals surface area (Å²) in [5.74, 6) is -0.0616. The van der Waals surface area contributed by atoms with Crippen molar-refractivity contribution in [3.05, 3.63) is 24.3 Å². The van der Waals surface area contributed by atoms with Gasteiger partial charge in [-0.3, -0.25) is 4.79 Å². The average molecular weight is 788 g/mol. The molecule has 0 saturated heterocycles. The van der Waals surface area contributed by atoms with Gasteiger partial charge in [-0.1, -0.05) is 256 Å². The number of aliphatic hydroxyl groups excluding tert-OH is 2. The third kappa shape index (κ3) is 44.0. The van der Waals surface area contributed by atoms with E-state index in [0.717, 1.165) is 25.7 Å². The topological polar surface area (TPSA) is 69.6 Å². The summed E-state index contributed by atoms with van der Waals surface area (Å²) < 4.78 is 0. The number of amides is 1. The third-order valence-electron chi connectivity index (χ3n) is 11.9. The summed E-state index contributed by atoms with van der Waals surface area (Å²) in [7, 11) is 0. The minimum Gasteiger partial charge on any atom is -0.394 e. The van der Waals surface area contributed by atoms with E-state index in [4.69, 9.17) is 0 Å². The highest BCUT2D eigenvalue weighted by Crippen LogP contribution is 2.16. The Labute approximate surface area is 351 Å². The minimum absolute atomic E-state index is 0.0616. The maximum absolute atomic E-state index is 12.4. The van der Waals surface area contributed by atoms with E-state index in [0.29, 0.717) is 6.42 Å². The van der Waals surface area contributed by atoms with Crippen LogP contribution >= 0.6 is 0 Å². The normalized spacial score (nSPS) is 13.0. The fourth-order valence-corrected chi connectivity index (χ4v) is 8.00. The fourth-order valence-electron chi connectivity index (χ4n) is 8.00. The molecule has 332 valence electrons. The highest BCUT2D eigenvalue weighted by molar-refractivity contribution is 5.76. The molecule has 4 heteroatoms. The molecular formula is C52H101NO3. The first-order valence-electron chi connectivity index (χ1n) is 25.6. The Morgan fingerprint density at radius 3 is 0.982 bits per heavy atom. The van der Waals surface area contributed by atoms with Gasteiger partial charge >= 0.3 is 0 Å². The lowest BCUT2D eigenvalue weighted by Crippen LogP contribution is -2.45. The summed E-state index contributed by atoms with van der Waals surface area (Å²) in [5, 5.41) is 23.1. The predicted molar refractivity (Wildman–Crippen MR) is 249 cm³/mol. The van der Waals surface area contributed by atoms with Crippen molar-refractivity contribution in [1.82, 2.24) is 5.32 Å². The SMILES string of the molecule is CCCCCCCCCCCCCC/C=C\CCCCCCCCCCCCC(=O)NC(CO)C(O)/C=C/CCCCCCCCCCCCCCCCCC. The van der Waals surface area contributed by atoms with Gasteiger partial charge in [-0.05, 0) is 44.9 Å². The smallest absolute Gasteiger partial charge is 0.220 e. The van der Waals surface area contributed by atoms with Crippen molar-refractivity contribution in [2.45, 2.75) is 296 Å². The Kier molecular flexibility index (Phi) is 47.3. The van der Waals surface area contributed by atoms with Crippen LogP contribution in [0.25, 0.3) is 0 Å². The van der Waals surface area contributed by atoms with Gasteiger partial charge in [0, 0.05) is 6.42 Å². The van der Waals surface area contributed by atoms with Crippen LogP contribution in [0, 0.1) is 0 Å². The molecule has 0 aliphatic rings. The van der Waals surface area contributed by atoms with Crippen LogP contribution < -0.4 is 5.32 Å². The summed E-state index contributed by atoms with van der Waals surface area (Å²) in [6.45, 7) is 4.34. The van der Waals surface area contributed by atoms with Crippen LogP contribution in [0.15, 0.2) is 24.3 Å². The second-order valence-electron chi connectivity index (χ2n) is 17.6. The molecule has 0 bridgehead atoms. The zero-order valence-electron chi connectivity index (χ0n) is 38.2. The summed E-state index contributed by atoms with van der Waals surface area (Å²) in [4.78, 5) is 12.4. The molecule has 0 saturated carbocycles. The maximum Gasteiger partial charge on any atom is 0.220 e. The van der Waals surface area contributed by atoms with Crippen molar-refractivity contribution >= 4 is 5.91 Å². The number of aliphatic hydroxyl groups is 2. The van der Waals surface area contributed by atoms with Crippen molar-refractivity contribution in [2.24, 2.45) is 0 Å². The van der Waals surface area contributed by atoms with Crippen molar-refractivity contribution in [3.63, 3.8) is 0 Å². The summed E-state index contributed by atoms with van der Waals surface area (Å²) in [5.41, 5.74) is 0. The zero-order chi connectivity index (χ0) is 40.7. The van der Waals surface area contributed by atoms with Gasteiger partial charge < -0.3 is 15.5 Å². The van der Waals surface area contributed by atoms with E-state index in [-0.39, 0.29) is 12.5 Å². The predicted octanol–water partition coefficient (Wildman–Crippen LogP) is 16.4. The first-order chi connectivity index (χ1) is 27.7. The molecule has 0 fully saturated rings. The molecule has 0 aliphatic carbocycles. The Bertz CT molecular complexity index is 810. The van der Waals surface area contributed by atoms with Crippen molar-refractivity contribution < 1.29 is 15.0 Å². The molecule has 0 rings (SSSR count). The van der Waals surface area contributed by atoms with Crippen LogP contribution in [0.2, 0.25) is 0 Å². The maximum atomic E-state index is 12.4. The van der Waals surface area contributed by atoms with E-state index < -0.39 is 12.1 Å². The highest BCUT2D eigenvalue weighted by Gasteiger charge is 2.18. The first-order valence-corrected chi connectivity index (χ1v) is 25.6. The Balaban J connectivity index is 3.49. The molecule has 0 aromatic carbocycles. The molecular weight excluding hydrogens is 687 g/mol. The Morgan fingerprint density at radius 2 is 0.679 bits per heavy atom. The molecule has 3 N–H and O–H groups in total. The summed E-state index contributed by atoms with van der Waals surface area (Å²) >= 11 is 0. The standard InChI is InChI=1S/C52H101NO3/c1-3-5-7-9-11-13-15-17-19-21-23-24-25-26-27-28-29-30-32-34-36-38-40-42-44-46-48-52(56)53-50(49-54)51(55)47-45-43-41-39-37-35-33-31-22-20-18-16-14-12-10-8-6-4-2/h26-27,45,47,50-51,54-55H,3-25,28-44,46,48-49H2,1-2H3,(H,53,56)/b27-26-,47-45+. The van der Waals surface area contributed by atoms with Crippen LogP contribution in [0.1, 0.15) is 284 Å². The number of hydrogen-bond acceptors (Lipinski definition) is 3. The number of unbranched alkanes of at least 4 members (excludes halogenated alkanes) is 38. The first kappa shape index (κ1) is 54.9. The van der Waals surface area contributed by atoms with E-state index in [2.05, 4.69) is 31.3 Å². The molecule has 56 heavy (non-hydrogen) atoms. The third-order valence-corrected chi connectivity index (χ3v) is 11.9. The summed E-state index contributed by atoms with van der Waals surface area (Å²) in [6, 6.07) is -0.621. The zero-order valence-corrected chi connectivity index (χ0v) is 38.2. The van der Waals surface area contributed by atoms with Gasteiger partial charge in [-0.25, -0.2) is 0 Å². The second kappa shape index (κ2) is 48.2. The monoisotopic (exact) mass is 788 g/mol. The van der Waals surface area contributed by atoms with E-state index in [1.165, 1.54) is 238 Å². The lowest BCUT2D eigenvalue weighted by Gasteiger charge is -2.20. The Morgan fingerprint density at radius 1 is 0.411 bits per heavy atom. The number of hydrogen-bond donors (Lipinski definition) is 3. The van der Waals surface area contributed by atoms with Gasteiger partial charge in [0.2, 0.25) is 5.91 Å². The molecule has 0 aromatic heterocycles. The van der Waals surface area contributed by atoms with E-state index in [1.54, 1.807) is 6.08 Å². The van der Waals surface area contributed by atoms with Gasteiger partial charge in [0.05, 0.1) is 18.8 Å². The van der Waals surface area contributed by atoms with Crippen molar-refractivity contribution in [2.75, 3.05) is 6.61 Å². The summed E-state index contributed by atoms with van der Waals surface area (Å²) in [6.07, 6.45) is 63.1. The lowest BCUT2D eigenvalue weighted by molar-refractivity contribution is -0.123. The van der Waals surface area contributed by atoms with Gasteiger partial charge in [0.1, 0.15) is 0 Å². The number of carbonyl (C=O) groups is 1. The molecule has 1 amide bonds. The van der Waals surface area contributed by atoms with Crippen LogP contribution in [-0.2, 0) is 4.79 Å².